The van der Waals surface area contributed by atoms with Gasteiger partial charge in [0.15, 0.2) is 0 Å². The molecule has 3 N–H and O–H groups in total. The summed E-state index contributed by atoms with van der Waals surface area (Å²) in [6, 6.07) is 7.29. The molecule has 17 heavy (non-hydrogen) atoms. The van der Waals surface area contributed by atoms with Crippen LogP contribution < -0.4 is 11.1 Å². The average Bonchev–Trinajstić information content (AvgIpc) is 2.31. The maximum Gasteiger partial charge on any atom is 0.238 e. The van der Waals surface area contributed by atoms with E-state index in [9.17, 15) is 4.79 Å². The first-order valence-electron chi connectivity index (χ1n) is 5.35. The van der Waals surface area contributed by atoms with Crippen molar-refractivity contribution in [1.82, 2.24) is 4.90 Å². The summed E-state index contributed by atoms with van der Waals surface area (Å²) in [5, 5.41) is 2.67. The van der Waals surface area contributed by atoms with Crippen molar-refractivity contribution in [3.05, 3.63) is 24.3 Å². The number of nitrogens with zero attached hydrogens (tertiary/aromatic N) is 2. The van der Waals surface area contributed by atoms with E-state index in [4.69, 9.17) is 5.73 Å². The number of amidine groups is 1. The van der Waals surface area contributed by atoms with E-state index in [1.54, 1.807) is 12.1 Å². The molecule has 0 saturated heterocycles. The summed E-state index contributed by atoms with van der Waals surface area (Å²) >= 11 is 0. The first kappa shape index (κ1) is 13.2. The molecular formula is C12H18N4O. The normalized spacial score (nSPS) is 11.2. The lowest BCUT2D eigenvalue weighted by molar-refractivity contribution is -0.114. The predicted molar refractivity (Wildman–Crippen MR) is 70.6 cm³/mol. The highest BCUT2D eigenvalue weighted by Crippen LogP contribution is 2.16. The van der Waals surface area contributed by atoms with Crippen molar-refractivity contribution in [2.45, 2.75) is 6.92 Å². The third-order valence-corrected chi connectivity index (χ3v) is 2.27. The van der Waals surface area contributed by atoms with Crippen LogP contribution in [0.2, 0.25) is 0 Å². The second-order valence-electron chi connectivity index (χ2n) is 3.85. The fraction of sp³-hybridized carbons (Fsp3) is 0.333. The largest absolute Gasteiger partial charge is 0.366 e. The molecule has 0 spiro atoms. The topological polar surface area (TPSA) is 70.7 Å². The van der Waals surface area contributed by atoms with Crippen LogP contribution in [0, 0.1) is 0 Å². The summed E-state index contributed by atoms with van der Waals surface area (Å²) in [5.74, 6) is 0.717. The minimum Gasteiger partial charge on any atom is -0.366 e. The molecule has 92 valence electrons. The van der Waals surface area contributed by atoms with Crippen LogP contribution in [0.5, 0.6) is 0 Å². The van der Waals surface area contributed by atoms with Gasteiger partial charge in [-0.25, -0.2) is 4.99 Å². The first-order chi connectivity index (χ1) is 8.02. The summed E-state index contributed by atoms with van der Waals surface area (Å²) in [5.41, 5.74) is 6.78. The minimum atomic E-state index is -0.203. The zero-order chi connectivity index (χ0) is 12.8. The van der Waals surface area contributed by atoms with E-state index in [0.29, 0.717) is 0 Å². The van der Waals surface area contributed by atoms with Gasteiger partial charge in [-0.2, -0.15) is 0 Å². The second kappa shape index (κ2) is 6.00. The second-order valence-corrected chi connectivity index (χ2v) is 3.85. The van der Waals surface area contributed by atoms with E-state index in [1.807, 2.05) is 38.1 Å². The highest BCUT2D eigenvalue weighted by molar-refractivity contribution is 5.92. The average molecular weight is 234 g/mol. The van der Waals surface area contributed by atoms with Crippen LogP contribution in [0.25, 0.3) is 0 Å². The van der Waals surface area contributed by atoms with Crippen molar-refractivity contribution in [2.75, 3.05) is 26.0 Å². The van der Waals surface area contributed by atoms with Crippen molar-refractivity contribution in [3.8, 4) is 0 Å². The molecule has 0 atom stereocenters. The minimum absolute atomic E-state index is 0.0142. The first-order valence-corrected chi connectivity index (χ1v) is 5.35. The molecule has 0 aliphatic heterocycles. The Morgan fingerprint density at radius 3 is 2.41 bits per heavy atom. The maximum atomic E-state index is 11.1. The van der Waals surface area contributed by atoms with E-state index in [1.165, 1.54) is 0 Å². The molecule has 0 saturated carbocycles. The number of carbonyl (C=O) groups excluding carboxylic acids is 1. The summed E-state index contributed by atoms with van der Waals surface area (Å²) in [6.45, 7) is 1.92. The van der Waals surface area contributed by atoms with Gasteiger partial charge < -0.3 is 16.0 Å². The zero-order valence-corrected chi connectivity index (χ0v) is 10.4. The quantitative estimate of drug-likeness (QED) is 0.609. The molecule has 0 aliphatic carbocycles. The van der Waals surface area contributed by atoms with Crippen molar-refractivity contribution >= 4 is 23.1 Å². The van der Waals surface area contributed by atoms with E-state index in [-0.39, 0.29) is 12.5 Å². The van der Waals surface area contributed by atoms with Crippen LogP contribution in [-0.4, -0.2) is 37.3 Å². The van der Waals surface area contributed by atoms with Crippen LogP contribution in [0.1, 0.15) is 6.92 Å². The van der Waals surface area contributed by atoms with Crippen LogP contribution >= 0.6 is 0 Å². The van der Waals surface area contributed by atoms with Crippen LogP contribution in [0.3, 0.4) is 0 Å². The number of anilines is 1. The Morgan fingerprint density at radius 2 is 1.94 bits per heavy atom. The van der Waals surface area contributed by atoms with Gasteiger partial charge in [-0.15, -0.1) is 0 Å². The van der Waals surface area contributed by atoms with Gasteiger partial charge >= 0.3 is 0 Å². The van der Waals surface area contributed by atoms with E-state index in [2.05, 4.69) is 10.3 Å². The SMILES string of the molecule is CC(=Nc1ccc(NC(=O)CN)cc1)N(C)C. The lowest BCUT2D eigenvalue weighted by atomic mass is 10.3. The Labute approximate surface area is 101 Å². The van der Waals surface area contributed by atoms with Crippen LogP contribution in [0.4, 0.5) is 11.4 Å². The summed E-state index contributed by atoms with van der Waals surface area (Å²) in [6.07, 6.45) is 0. The molecule has 1 aromatic rings. The molecule has 0 radical (unpaired) electrons. The number of aliphatic imine (C=N–C) groups is 1. The highest BCUT2D eigenvalue weighted by Gasteiger charge is 1.99. The number of hydrogen-bond donors (Lipinski definition) is 2. The van der Waals surface area contributed by atoms with Gasteiger partial charge in [0, 0.05) is 19.8 Å². The lowest BCUT2D eigenvalue weighted by Gasteiger charge is -2.11. The molecule has 1 rings (SSSR count). The monoisotopic (exact) mass is 234 g/mol. The molecule has 0 aliphatic rings. The van der Waals surface area contributed by atoms with Crippen molar-refractivity contribution in [1.29, 1.82) is 0 Å². The molecule has 1 aromatic carbocycles. The Bertz CT molecular complexity index is 409. The Kier molecular flexibility index (Phi) is 4.66. The van der Waals surface area contributed by atoms with Crippen molar-refractivity contribution in [2.24, 2.45) is 10.7 Å². The van der Waals surface area contributed by atoms with Gasteiger partial charge in [0.1, 0.15) is 5.84 Å². The number of hydrogen-bond acceptors (Lipinski definition) is 3. The standard InChI is InChI=1S/C12H18N4O/c1-9(16(2)3)14-10-4-6-11(7-5-10)15-12(17)8-13/h4-7H,8,13H2,1-3H3,(H,15,17). The van der Waals surface area contributed by atoms with Crippen LogP contribution in [-0.2, 0) is 4.79 Å². The molecule has 5 heteroatoms. The number of benzene rings is 1. The Balaban J connectivity index is 2.75. The number of nitrogens with one attached hydrogen (secondary N) is 1. The Morgan fingerprint density at radius 1 is 1.35 bits per heavy atom. The molecule has 5 nitrogen and oxygen atoms in total. The highest BCUT2D eigenvalue weighted by atomic mass is 16.1. The number of amides is 1. The number of carbonyl (C=O) groups is 1. The van der Waals surface area contributed by atoms with E-state index >= 15 is 0 Å². The smallest absolute Gasteiger partial charge is 0.238 e. The summed E-state index contributed by atoms with van der Waals surface area (Å²) < 4.78 is 0. The molecular weight excluding hydrogens is 216 g/mol. The zero-order valence-electron chi connectivity index (χ0n) is 10.4. The van der Waals surface area contributed by atoms with E-state index < -0.39 is 0 Å². The van der Waals surface area contributed by atoms with Gasteiger partial charge in [0.25, 0.3) is 0 Å². The van der Waals surface area contributed by atoms with Gasteiger partial charge in [-0.3, -0.25) is 4.79 Å². The lowest BCUT2D eigenvalue weighted by Crippen LogP contribution is -2.21. The van der Waals surface area contributed by atoms with E-state index in [0.717, 1.165) is 17.2 Å². The third-order valence-electron chi connectivity index (χ3n) is 2.27. The third kappa shape index (κ3) is 4.24. The fourth-order valence-corrected chi connectivity index (χ4v) is 1.12. The molecule has 0 fully saturated rings. The Hall–Kier alpha value is -1.88. The van der Waals surface area contributed by atoms with Gasteiger partial charge in [-0.1, -0.05) is 0 Å². The van der Waals surface area contributed by atoms with Crippen LogP contribution in [0.15, 0.2) is 29.3 Å². The molecule has 0 bridgehead atoms. The van der Waals surface area contributed by atoms with Crippen molar-refractivity contribution in [3.63, 3.8) is 0 Å². The maximum absolute atomic E-state index is 11.1. The summed E-state index contributed by atoms with van der Waals surface area (Å²) in [7, 11) is 3.88. The predicted octanol–water partition coefficient (Wildman–Crippen LogP) is 1.20. The van der Waals surface area contributed by atoms with Crippen molar-refractivity contribution < 1.29 is 4.79 Å². The van der Waals surface area contributed by atoms with Gasteiger partial charge in [0.05, 0.1) is 12.2 Å². The molecule has 1 amide bonds. The summed E-state index contributed by atoms with van der Waals surface area (Å²) in [4.78, 5) is 17.4. The molecule has 0 unspecified atom stereocenters. The number of nitrogens with two attached hydrogens (primary N) is 1. The fourth-order valence-electron chi connectivity index (χ4n) is 1.12. The van der Waals surface area contributed by atoms with Gasteiger partial charge in [0.2, 0.25) is 5.91 Å². The number of rotatable bonds is 3. The molecule has 0 heterocycles. The van der Waals surface area contributed by atoms with Gasteiger partial charge in [-0.05, 0) is 31.2 Å². The molecule has 0 aromatic heterocycles.